The van der Waals surface area contributed by atoms with Crippen LogP contribution in [-0.4, -0.2) is 17.4 Å². The van der Waals surface area contributed by atoms with E-state index < -0.39 is 0 Å². The van der Waals surface area contributed by atoms with Gasteiger partial charge in [-0.2, -0.15) is 0 Å². The molecule has 5 heteroatoms. The molecule has 1 aliphatic heterocycles. The number of amides is 1. The number of hydrogen-bond donors (Lipinski definition) is 0. The van der Waals surface area contributed by atoms with Crippen LogP contribution in [0, 0.1) is 0 Å². The lowest BCUT2D eigenvalue weighted by molar-refractivity contribution is 0.0704. The van der Waals surface area contributed by atoms with Gasteiger partial charge in [-0.25, -0.2) is 0 Å². The number of hydrogen-bond acceptors (Lipinski definition) is 4. The van der Waals surface area contributed by atoms with Crippen molar-refractivity contribution in [2.45, 2.75) is 13.0 Å². The molecule has 0 spiro atoms. The van der Waals surface area contributed by atoms with Crippen LogP contribution in [0.5, 0.6) is 0 Å². The smallest absolute Gasteiger partial charge is 0.290 e. The van der Waals surface area contributed by atoms with Gasteiger partial charge in [0.1, 0.15) is 5.58 Å². The highest BCUT2D eigenvalue weighted by Crippen LogP contribution is 2.25. The molecule has 0 saturated heterocycles. The summed E-state index contributed by atoms with van der Waals surface area (Å²) in [7, 11) is 0. The Labute approximate surface area is 130 Å². The minimum Gasteiger partial charge on any atom is -0.451 e. The number of benzene rings is 1. The molecule has 4 rings (SSSR count). The van der Waals surface area contributed by atoms with Gasteiger partial charge in [-0.05, 0) is 35.6 Å². The van der Waals surface area contributed by atoms with E-state index in [-0.39, 0.29) is 17.1 Å². The van der Waals surface area contributed by atoms with Crippen LogP contribution in [-0.2, 0) is 13.0 Å². The Morgan fingerprint density at radius 1 is 1.23 bits per heavy atom. The van der Waals surface area contributed by atoms with Crippen molar-refractivity contribution >= 4 is 28.2 Å². The van der Waals surface area contributed by atoms with Gasteiger partial charge in [-0.3, -0.25) is 9.59 Å². The lowest BCUT2D eigenvalue weighted by Gasteiger charge is -2.26. The molecule has 4 nitrogen and oxygen atoms in total. The van der Waals surface area contributed by atoms with Crippen LogP contribution in [0.25, 0.3) is 11.0 Å². The zero-order chi connectivity index (χ0) is 15.1. The number of fused-ring (bicyclic) bond motifs is 2. The summed E-state index contributed by atoms with van der Waals surface area (Å²) in [5.74, 6) is -0.109. The fourth-order valence-corrected chi connectivity index (χ4v) is 3.68. The van der Waals surface area contributed by atoms with Crippen molar-refractivity contribution in [1.82, 2.24) is 4.90 Å². The van der Waals surface area contributed by atoms with E-state index in [1.54, 1.807) is 40.5 Å². The van der Waals surface area contributed by atoms with Gasteiger partial charge in [0.2, 0.25) is 0 Å². The van der Waals surface area contributed by atoms with Gasteiger partial charge in [-0.15, -0.1) is 11.3 Å². The summed E-state index contributed by atoms with van der Waals surface area (Å²) in [5, 5.41) is 2.55. The first-order valence-electron chi connectivity index (χ1n) is 7.10. The SMILES string of the molecule is O=C(c1cc(=O)c2ccccc2o1)N1CCc2sccc2C1. The van der Waals surface area contributed by atoms with Crippen LogP contribution in [0.3, 0.4) is 0 Å². The van der Waals surface area contributed by atoms with Gasteiger partial charge in [0.15, 0.2) is 11.2 Å². The Balaban J connectivity index is 1.70. The highest BCUT2D eigenvalue weighted by molar-refractivity contribution is 7.10. The van der Waals surface area contributed by atoms with E-state index in [4.69, 9.17) is 4.42 Å². The van der Waals surface area contributed by atoms with Gasteiger partial charge in [0.05, 0.1) is 5.39 Å². The highest BCUT2D eigenvalue weighted by atomic mass is 32.1. The first kappa shape index (κ1) is 13.3. The van der Waals surface area contributed by atoms with E-state index in [1.807, 2.05) is 0 Å². The molecule has 1 amide bonds. The summed E-state index contributed by atoms with van der Waals surface area (Å²) >= 11 is 1.73. The minimum atomic E-state index is -0.222. The maximum absolute atomic E-state index is 12.6. The summed E-state index contributed by atoms with van der Waals surface area (Å²) in [6.45, 7) is 1.23. The molecule has 0 aliphatic carbocycles. The molecule has 0 atom stereocenters. The van der Waals surface area contributed by atoms with Gasteiger partial charge < -0.3 is 9.32 Å². The van der Waals surface area contributed by atoms with Gasteiger partial charge in [0, 0.05) is 24.0 Å². The quantitative estimate of drug-likeness (QED) is 0.694. The lowest BCUT2D eigenvalue weighted by atomic mass is 10.1. The molecule has 0 N–H and O–H groups in total. The average molecular weight is 311 g/mol. The zero-order valence-corrected chi connectivity index (χ0v) is 12.6. The molecule has 3 aromatic rings. The second-order valence-corrected chi connectivity index (χ2v) is 6.32. The average Bonchev–Trinajstić information content (AvgIpc) is 3.01. The molecule has 22 heavy (non-hydrogen) atoms. The van der Waals surface area contributed by atoms with E-state index in [0.717, 1.165) is 6.42 Å². The van der Waals surface area contributed by atoms with E-state index in [1.165, 1.54) is 16.5 Å². The van der Waals surface area contributed by atoms with Crippen LogP contribution in [0.1, 0.15) is 21.0 Å². The second-order valence-electron chi connectivity index (χ2n) is 5.32. The fraction of sp³-hybridized carbons (Fsp3) is 0.176. The third-order valence-corrected chi connectivity index (χ3v) is 4.96. The van der Waals surface area contributed by atoms with Crippen LogP contribution in [0.15, 0.2) is 51.0 Å². The molecule has 0 unspecified atom stereocenters. The molecule has 0 bridgehead atoms. The lowest BCUT2D eigenvalue weighted by Crippen LogP contribution is -2.35. The molecule has 1 aliphatic rings. The second kappa shape index (κ2) is 5.10. The predicted molar refractivity (Wildman–Crippen MR) is 85.2 cm³/mol. The number of thiophene rings is 1. The van der Waals surface area contributed by atoms with Crippen molar-refractivity contribution in [2.24, 2.45) is 0 Å². The van der Waals surface area contributed by atoms with Crippen molar-refractivity contribution in [3.05, 3.63) is 68.2 Å². The first-order chi connectivity index (χ1) is 10.7. The number of nitrogens with zero attached hydrogens (tertiary/aromatic N) is 1. The van der Waals surface area contributed by atoms with Crippen LogP contribution in [0.2, 0.25) is 0 Å². The fourth-order valence-electron chi connectivity index (χ4n) is 2.79. The van der Waals surface area contributed by atoms with Crippen molar-refractivity contribution in [3.63, 3.8) is 0 Å². The molecule has 110 valence electrons. The van der Waals surface area contributed by atoms with Crippen LogP contribution < -0.4 is 5.43 Å². The summed E-state index contributed by atoms with van der Waals surface area (Å²) < 4.78 is 5.64. The Morgan fingerprint density at radius 3 is 3.00 bits per heavy atom. The largest absolute Gasteiger partial charge is 0.451 e. The number of rotatable bonds is 1. The first-order valence-corrected chi connectivity index (χ1v) is 7.98. The highest BCUT2D eigenvalue weighted by Gasteiger charge is 2.24. The maximum atomic E-state index is 12.6. The van der Waals surface area contributed by atoms with E-state index >= 15 is 0 Å². The van der Waals surface area contributed by atoms with Gasteiger partial charge in [0.25, 0.3) is 5.91 Å². The summed E-state index contributed by atoms with van der Waals surface area (Å²) in [6.07, 6.45) is 0.858. The van der Waals surface area contributed by atoms with E-state index in [2.05, 4.69) is 11.4 Å². The van der Waals surface area contributed by atoms with E-state index in [9.17, 15) is 9.59 Å². The van der Waals surface area contributed by atoms with Gasteiger partial charge >= 0.3 is 0 Å². The van der Waals surface area contributed by atoms with Crippen LogP contribution in [0.4, 0.5) is 0 Å². The van der Waals surface area contributed by atoms with Crippen molar-refractivity contribution in [1.29, 1.82) is 0 Å². The molecule has 2 aromatic heterocycles. The van der Waals surface area contributed by atoms with Crippen molar-refractivity contribution < 1.29 is 9.21 Å². The molecular weight excluding hydrogens is 298 g/mol. The molecule has 0 fully saturated rings. The Hall–Kier alpha value is -2.40. The number of carbonyl (C=O) groups is 1. The molecule has 1 aromatic carbocycles. The molecule has 3 heterocycles. The Morgan fingerprint density at radius 2 is 2.09 bits per heavy atom. The normalized spacial score (nSPS) is 14.1. The monoisotopic (exact) mass is 311 g/mol. The van der Waals surface area contributed by atoms with Crippen LogP contribution >= 0.6 is 11.3 Å². The summed E-state index contributed by atoms with van der Waals surface area (Å²) in [6, 6.07) is 10.3. The summed E-state index contributed by atoms with van der Waals surface area (Å²) in [5.41, 5.74) is 1.46. The Kier molecular flexibility index (Phi) is 3.08. The van der Waals surface area contributed by atoms with E-state index in [0.29, 0.717) is 24.1 Å². The topological polar surface area (TPSA) is 50.5 Å². The van der Waals surface area contributed by atoms with Gasteiger partial charge in [-0.1, -0.05) is 12.1 Å². The minimum absolute atomic E-state index is 0.113. The third kappa shape index (κ3) is 2.14. The third-order valence-electron chi connectivity index (χ3n) is 3.94. The standard InChI is InChI=1S/C17H13NO3S/c19-13-9-15(21-14-4-2-1-3-12(13)14)17(20)18-7-5-16-11(10-18)6-8-22-16/h1-4,6,8-9H,5,7,10H2. The zero-order valence-electron chi connectivity index (χ0n) is 11.7. The molecule has 0 saturated carbocycles. The molecular formula is C17H13NO3S. The Bertz CT molecular complexity index is 925. The predicted octanol–water partition coefficient (Wildman–Crippen LogP) is 3.05. The van der Waals surface area contributed by atoms with Crippen molar-refractivity contribution in [2.75, 3.05) is 6.54 Å². The van der Waals surface area contributed by atoms with Crippen molar-refractivity contribution in [3.8, 4) is 0 Å². The molecule has 0 radical (unpaired) electrons. The summed E-state index contributed by atoms with van der Waals surface area (Å²) in [4.78, 5) is 27.8. The number of para-hydroxylation sites is 1. The number of carbonyl (C=O) groups excluding carboxylic acids is 1. The maximum Gasteiger partial charge on any atom is 0.290 e.